The van der Waals surface area contributed by atoms with Crippen molar-refractivity contribution in [3.63, 3.8) is 0 Å². The summed E-state index contributed by atoms with van der Waals surface area (Å²) in [5, 5.41) is 6.44. The van der Waals surface area contributed by atoms with Gasteiger partial charge < -0.3 is 20.5 Å². The highest BCUT2D eigenvalue weighted by molar-refractivity contribution is 5.96. The van der Waals surface area contributed by atoms with Crippen molar-refractivity contribution in [2.45, 2.75) is 25.7 Å². The second-order valence-electron chi connectivity index (χ2n) is 5.95. The smallest absolute Gasteiger partial charge is 0.321 e. The molecule has 1 aliphatic rings. The average Bonchev–Trinajstić information content (AvgIpc) is 3.03. The Morgan fingerprint density at radius 1 is 1.44 bits per heavy atom. The van der Waals surface area contributed by atoms with E-state index >= 15 is 0 Å². The third-order valence-electron chi connectivity index (χ3n) is 4.08. The highest BCUT2D eigenvalue weighted by atomic mass is 19.1. The van der Waals surface area contributed by atoms with E-state index in [0.717, 1.165) is 18.9 Å². The van der Waals surface area contributed by atoms with Crippen molar-refractivity contribution in [2.24, 2.45) is 5.73 Å². The molecule has 0 aliphatic carbocycles. The van der Waals surface area contributed by atoms with E-state index in [0.29, 0.717) is 30.5 Å². The number of nitrogens with one attached hydrogen (secondary N) is 1. The van der Waals surface area contributed by atoms with Crippen molar-refractivity contribution in [2.75, 3.05) is 18.4 Å². The van der Waals surface area contributed by atoms with Crippen molar-refractivity contribution in [1.29, 1.82) is 0 Å². The number of carbonyl (C=O) groups is 2. The number of hydrogen-bond donors (Lipinski definition) is 2. The zero-order chi connectivity index (χ0) is 18.0. The number of aromatic nitrogens is 2. The number of carbonyl (C=O) groups excluding carboxylic acids is 2. The molecule has 1 aromatic heterocycles. The van der Waals surface area contributed by atoms with Gasteiger partial charge in [0.2, 0.25) is 5.89 Å². The van der Waals surface area contributed by atoms with E-state index < -0.39 is 11.7 Å². The van der Waals surface area contributed by atoms with E-state index in [-0.39, 0.29) is 17.5 Å². The van der Waals surface area contributed by atoms with E-state index in [1.807, 2.05) is 0 Å². The number of amides is 3. The van der Waals surface area contributed by atoms with Crippen molar-refractivity contribution in [3.8, 4) is 0 Å². The van der Waals surface area contributed by atoms with Gasteiger partial charge in [0.05, 0.1) is 11.5 Å². The highest BCUT2D eigenvalue weighted by Crippen LogP contribution is 2.26. The molecule has 9 heteroatoms. The van der Waals surface area contributed by atoms with Crippen LogP contribution in [0.2, 0.25) is 0 Å². The van der Waals surface area contributed by atoms with Gasteiger partial charge in [-0.25, -0.2) is 9.18 Å². The van der Waals surface area contributed by atoms with Crippen LogP contribution in [0.3, 0.4) is 0 Å². The molecular formula is C16H18FN5O3. The lowest BCUT2D eigenvalue weighted by atomic mass is 9.98. The summed E-state index contributed by atoms with van der Waals surface area (Å²) in [6.45, 7) is 2.77. The van der Waals surface area contributed by atoms with Crippen molar-refractivity contribution < 1.29 is 18.5 Å². The molecule has 3 amide bonds. The van der Waals surface area contributed by atoms with Crippen molar-refractivity contribution in [3.05, 3.63) is 41.3 Å². The van der Waals surface area contributed by atoms with E-state index in [4.69, 9.17) is 10.3 Å². The summed E-state index contributed by atoms with van der Waals surface area (Å²) in [6.07, 6.45) is 1.66. The van der Waals surface area contributed by atoms with Gasteiger partial charge in [-0.2, -0.15) is 4.98 Å². The molecule has 25 heavy (non-hydrogen) atoms. The quantitative estimate of drug-likeness (QED) is 0.881. The Hall–Kier alpha value is -2.97. The van der Waals surface area contributed by atoms with Crippen LogP contribution in [0.1, 0.15) is 40.8 Å². The Labute approximate surface area is 143 Å². The molecule has 0 radical (unpaired) electrons. The van der Waals surface area contributed by atoms with E-state index in [9.17, 15) is 14.0 Å². The van der Waals surface area contributed by atoms with E-state index in [1.54, 1.807) is 11.8 Å². The summed E-state index contributed by atoms with van der Waals surface area (Å²) in [7, 11) is 0. The largest absolute Gasteiger partial charge is 0.366 e. The molecule has 0 bridgehead atoms. The van der Waals surface area contributed by atoms with Crippen LogP contribution in [-0.4, -0.2) is 40.1 Å². The van der Waals surface area contributed by atoms with Crippen LogP contribution in [0.15, 0.2) is 22.7 Å². The topological polar surface area (TPSA) is 114 Å². The molecule has 3 rings (SSSR count). The molecule has 1 aromatic carbocycles. The minimum Gasteiger partial charge on any atom is -0.366 e. The monoisotopic (exact) mass is 347 g/mol. The summed E-state index contributed by atoms with van der Waals surface area (Å²) in [6, 6.07) is 3.35. The molecule has 2 aromatic rings. The maximum atomic E-state index is 13.5. The first-order valence-corrected chi connectivity index (χ1v) is 7.89. The molecule has 132 valence electrons. The fourth-order valence-corrected chi connectivity index (χ4v) is 2.84. The SMILES string of the molecule is Cc1noc(C2CCCN(C(=O)Nc3ccc(F)c(C(N)=O)c3)C2)n1. The van der Waals surface area contributed by atoms with E-state index in [2.05, 4.69) is 15.5 Å². The van der Waals surface area contributed by atoms with E-state index in [1.165, 1.54) is 12.1 Å². The number of likely N-dealkylation sites (tertiary alicyclic amines) is 1. The maximum Gasteiger partial charge on any atom is 0.321 e. The molecule has 0 spiro atoms. The lowest BCUT2D eigenvalue weighted by molar-refractivity contribution is 0.0996. The van der Waals surface area contributed by atoms with Gasteiger partial charge in [0.25, 0.3) is 5.91 Å². The third kappa shape index (κ3) is 3.76. The summed E-state index contributed by atoms with van der Waals surface area (Å²) in [5.41, 5.74) is 5.15. The van der Waals surface area contributed by atoms with Gasteiger partial charge in [-0.1, -0.05) is 5.16 Å². The molecule has 2 heterocycles. The van der Waals surface area contributed by atoms with Crippen LogP contribution in [0.5, 0.6) is 0 Å². The Balaban J connectivity index is 1.68. The van der Waals surface area contributed by atoms with Crippen LogP contribution < -0.4 is 11.1 Å². The van der Waals surface area contributed by atoms with Crippen LogP contribution in [0.25, 0.3) is 0 Å². The summed E-state index contributed by atoms with van der Waals surface area (Å²) in [5.74, 6) is -0.557. The molecular weight excluding hydrogens is 329 g/mol. The average molecular weight is 347 g/mol. The number of piperidine rings is 1. The number of nitrogens with two attached hydrogens (primary N) is 1. The highest BCUT2D eigenvalue weighted by Gasteiger charge is 2.28. The fourth-order valence-electron chi connectivity index (χ4n) is 2.84. The normalized spacial score (nSPS) is 17.4. The lowest BCUT2D eigenvalue weighted by Gasteiger charge is -2.31. The molecule has 1 aliphatic heterocycles. The molecule has 8 nitrogen and oxygen atoms in total. The minimum atomic E-state index is -0.890. The summed E-state index contributed by atoms with van der Waals surface area (Å²) < 4.78 is 18.7. The lowest BCUT2D eigenvalue weighted by Crippen LogP contribution is -2.41. The summed E-state index contributed by atoms with van der Waals surface area (Å²) >= 11 is 0. The number of nitrogens with zero attached hydrogens (tertiary/aromatic N) is 3. The molecule has 1 atom stereocenters. The van der Waals surface area contributed by atoms with Crippen LogP contribution in [-0.2, 0) is 0 Å². The predicted molar refractivity (Wildman–Crippen MR) is 86.5 cm³/mol. The van der Waals surface area contributed by atoms with Crippen molar-refractivity contribution in [1.82, 2.24) is 15.0 Å². The zero-order valence-corrected chi connectivity index (χ0v) is 13.7. The van der Waals surface area contributed by atoms with Crippen LogP contribution in [0, 0.1) is 12.7 Å². The second kappa shape index (κ2) is 6.88. The zero-order valence-electron chi connectivity index (χ0n) is 13.7. The van der Waals surface area contributed by atoms with Gasteiger partial charge in [0.15, 0.2) is 5.82 Å². The third-order valence-corrected chi connectivity index (χ3v) is 4.08. The molecule has 1 fully saturated rings. The Morgan fingerprint density at radius 2 is 2.24 bits per heavy atom. The van der Waals surface area contributed by atoms with Gasteiger partial charge in [0.1, 0.15) is 5.82 Å². The van der Waals surface area contributed by atoms with Gasteiger partial charge in [0, 0.05) is 18.8 Å². The Morgan fingerprint density at radius 3 is 2.92 bits per heavy atom. The maximum absolute atomic E-state index is 13.5. The van der Waals surface area contributed by atoms with Gasteiger partial charge in [-0.3, -0.25) is 4.79 Å². The number of halogens is 1. The van der Waals surface area contributed by atoms with Gasteiger partial charge >= 0.3 is 6.03 Å². The molecule has 1 saturated heterocycles. The van der Waals surface area contributed by atoms with Gasteiger partial charge in [-0.05, 0) is 38.0 Å². The number of aryl methyl sites for hydroxylation is 1. The fraction of sp³-hybridized carbons (Fsp3) is 0.375. The first-order valence-electron chi connectivity index (χ1n) is 7.89. The standard InChI is InChI=1S/C16H18FN5O3/c1-9-19-15(25-21-9)10-3-2-6-22(8-10)16(24)20-11-4-5-13(17)12(7-11)14(18)23/h4-5,7,10H,2-3,6,8H2,1H3,(H2,18,23)(H,20,24). The first kappa shape index (κ1) is 16.9. The van der Waals surface area contributed by atoms with Crippen LogP contribution >= 0.6 is 0 Å². The molecule has 0 saturated carbocycles. The van der Waals surface area contributed by atoms with Crippen molar-refractivity contribution >= 4 is 17.6 Å². The number of hydrogen-bond acceptors (Lipinski definition) is 5. The first-order chi connectivity index (χ1) is 11.9. The van der Waals surface area contributed by atoms with Gasteiger partial charge in [-0.15, -0.1) is 0 Å². The minimum absolute atomic E-state index is 0.0184. The molecule has 1 unspecified atom stereocenters. The number of urea groups is 1. The number of rotatable bonds is 3. The Bertz CT molecular complexity index is 807. The Kier molecular flexibility index (Phi) is 4.64. The number of anilines is 1. The number of primary amides is 1. The van der Waals surface area contributed by atoms with Crippen LogP contribution in [0.4, 0.5) is 14.9 Å². The second-order valence-corrected chi connectivity index (χ2v) is 5.95. The molecule has 3 N–H and O–H groups in total. The summed E-state index contributed by atoms with van der Waals surface area (Å²) in [4.78, 5) is 29.5. The number of benzene rings is 1. The predicted octanol–water partition coefficient (Wildman–Crippen LogP) is 2.03.